The highest BCUT2D eigenvalue weighted by Gasteiger charge is 2.60. The molecule has 0 heteroatoms. The average molecular weight is 204 g/mol. The van der Waals surface area contributed by atoms with E-state index < -0.39 is 0 Å². The third kappa shape index (κ3) is 0.990. The van der Waals surface area contributed by atoms with Gasteiger partial charge in [0.05, 0.1) is 0 Å². The van der Waals surface area contributed by atoms with Gasteiger partial charge in [0.15, 0.2) is 0 Å². The maximum Gasteiger partial charge on any atom is -0.00562 e. The molecule has 1 spiro atoms. The monoisotopic (exact) mass is 204 g/mol. The van der Waals surface area contributed by atoms with E-state index in [1.54, 1.807) is 5.57 Å². The minimum Gasteiger partial charge on any atom is -0.0785 e. The molecule has 2 saturated carbocycles. The first-order chi connectivity index (χ1) is 6.98. The number of fused-ring (bicyclic) bond motifs is 1. The number of allylic oxidation sites excluding steroid dienone is 2. The summed E-state index contributed by atoms with van der Waals surface area (Å²) in [7, 11) is 0. The zero-order chi connectivity index (χ0) is 10.8. The van der Waals surface area contributed by atoms with E-state index in [9.17, 15) is 0 Å². The maximum absolute atomic E-state index is 2.69. The molecular weight excluding hydrogens is 180 g/mol. The van der Waals surface area contributed by atoms with E-state index in [1.165, 1.54) is 25.7 Å². The predicted octanol–water partition coefficient (Wildman–Crippen LogP) is 4.42. The summed E-state index contributed by atoms with van der Waals surface area (Å²) in [6.45, 7) is 9.94. The van der Waals surface area contributed by atoms with Gasteiger partial charge in [-0.15, -0.1) is 0 Å². The Morgan fingerprint density at radius 2 is 1.93 bits per heavy atom. The molecule has 0 nitrogen and oxygen atoms in total. The van der Waals surface area contributed by atoms with Crippen molar-refractivity contribution in [3.8, 4) is 0 Å². The molecule has 0 heterocycles. The van der Waals surface area contributed by atoms with Crippen LogP contribution in [0.25, 0.3) is 0 Å². The van der Waals surface area contributed by atoms with Gasteiger partial charge in [-0.2, -0.15) is 0 Å². The normalized spacial score (nSPS) is 51.5. The van der Waals surface area contributed by atoms with E-state index in [4.69, 9.17) is 0 Å². The molecule has 15 heavy (non-hydrogen) atoms. The van der Waals surface area contributed by atoms with Crippen LogP contribution in [0.3, 0.4) is 0 Å². The van der Waals surface area contributed by atoms with Gasteiger partial charge in [-0.3, -0.25) is 0 Å². The lowest BCUT2D eigenvalue weighted by molar-refractivity contribution is -0.0273. The van der Waals surface area contributed by atoms with Crippen molar-refractivity contribution < 1.29 is 0 Å². The Kier molecular flexibility index (Phi) is 1.79. The summed E-state index contributed by atoms with van der Waals surface area (Å²) in [5.74, 6) is 2.79. The average Bonchev–Trinajstić information content (AvgIpc) is 2.45. The van der Waals surface area contributed by atoms with E-state index in [0.29, 0.717) is 10.8 Å². The summed E-state index contributed by atoms with van der Waals surface area (Å²) < 4.78 is 0. The lowest BCUT2D eigenvalue weighted by atomic mass is 9.46. The van der Waals surface area contributed by atoms with Gasteiger partial charge in [0.25, 0.3) is 0 Å². The molecule has 84 valence electrons. The Labute approximate surface area is 94.1 Å². The largest absolute Gasteiger partial charge is 0.0785 e. The zero-order valence-electron chi connectivity index (χ0n) is 10.6. The molecule has 2 fully saturated rings. The lowest BCUT2D eigenvalue weighted by Crippen LogP contribution is -2.50. The zero-order valence-corrected chi connectivity index (χ0v) is 10.6. The Morgan fingerprint density at radius 1 is 1.20 bits per heavy atom. The van der Waals surface area contributed by atoms with Gasteiger partial charge >= 0.3 is 0 Å². The highest BCUT2D eigenvalue weighted by Crippen LogP contribution is 2.68. The van der Waals surface area contributed by atoms with Crippen LogP contribution in [-0.4, -0.2) is 0 Å². The van der Waals surface area contributed by atoms with Crippen molar-refractivity contribution >= 4 is 0 Å². The molecule has 0 radical (unpaired) electrons. The van der Waals surface area contributed by atoms with Crippen molar-refractivity contribution in [1.29, 1.82) is 0 Å². The highest BCUT2D eigenvalue weighted by molar-refractivity contribution is 5.28. The SMILES string of the molecule is CC1=C[C@]23CCC1C(C)(C)[C@@H]2CC[C@H]3C. The van der Waals surface area contributed by atoms with Gasteiger partial charge < -0.3 is 0 Å². The number of hydrogen-bond acceptors (Lipinski definition) is 0. The molecule has 0 N–H and O–H groups in total. The van der Waals surface area contributed by atoms with E-state index in [2.05, 4.69) is 33.8 Å². The first kappa shape index (κ1) is 9.93. The summed E-state index contributed by atoms with van der Waals surface area (Å²) in [6, 6.07) is 0. The fraction of sp³-hybridized carbons (Fsp3) is 0.867. The van der Waals surface area contributed by atoms with Crippen molar-refractivity contribution in [2.24, 2.45) is 28.6 Å². The second-order valence-electron chi connectivity index (χ2n) is 6.94. The summed E-state index contributed by atoms with van der Waals surface area (Å²) in [6.07, 6.45) is 8.56. The minimum absolute atomic E-state index is 0.571. The van der Waals surface area contributed by atoms with E-state index in [1.807, 2.05) is 0 Å². The van der Waals surface area contributed by atoms with Gasteiger partial charge in [-0.05, 0) is 61.2 Å². The first-order valence-corrected chi connectivity index (χ1v) is 6.68. The van der Waals surface area contributed by atoms with E-state index >= 15 is 0 Å². The lowest BCUT2D eigenvalue weighted by Gasteiger charge is -2.58. The Bertz CT molecular complexity index is 323. The highest BCUT2D eigenvalue weighted by atomic mass is 14.6. The van der Waals surface area contributed by atoms with Crippen LogP contribution in [0.5, 0.6) is 0 Å². The van der Waals surface area contributed by atoms with Gasteiger partial charge in [-0.25, -0.2) is 0 Å². The molecule has 0 aromatic rings. The number of rotatable bonds is 0. The van der Waals surface area contributed by atoms with Crippen LogP contribution in [0.2, 0.25) is 0 Å². The van der Waals surface area contributed by atoms with Gasteiger partial charge in [-0.1, -0.05) is 32.4 Å². The summed E-state index contributed by atoms with van der Waals surface area (Å²) in [4.78, 5) is 0. The van der Waals surface area contributed by atoms with Crippen LogP contribution < -0.4 is 0 Å². The van der Waals surface area contributed by atoms with Crippen molar-refractivity contribution in [2.75, 3.05) is 0 Å². The molecule has 0 amide bonds. The van der Waals surface area contributed by atoms with Gasteiger partial charge in [0.1, 0.15) is 0 Å². The molecule has 0 aromatic carbocycles. The second-order valence-corrected chi connectivity index (χ2v) is 6.94. The molecule has 1 unspecified atom stereocenters. The molecule has 0 aliphatic heterocycles. The van der Waals surface area contributed by atoms with E-state index in [0.717, 1.165) is 17.8 Å². The smallest absolute Gasteiger partial charge is 0.00562 e. The van der Waals surface area contributed by atoms with Crippen molar-refractivity contribution in [2.45, 2.75) is 53.4 Å². The maximum atomic E-state index is 2.69. The van der Waals surface area contributed by atoms with Crippen LogP contribution in [0.1, 0.15) is 53.4 Å². The van der Waals surface area contributed by atoms with Crippen LogP contribution in [-0.2, 0) is 0 Å². The third-order valence-electron chi connectivity index (χ3n) is 6.16. The summed E-state index contributed by atoms with van der Waals surface area (Å²) in [5.41, 5.74) is 2.88. The van der Waals surface area contributed by atoms with Crippen LogP contribution in [0.15, 0.2) is 11.6 Å². The molecule has 2 bridgehead atoms. The third-order valence-corrected chi connectivity index (χ3v) is 6.16. The number of hydrogen-bond donors (Lipinski definition) is 0. The molecule has 0 saturated heterocycles. The molecule has 4 rings (SSSR count). The van der Waals surface area contributed by atoms with Crippen LogP contribution in [0.4, 0.5) is 0 Å². The topological polar surface area (TPSA) is 0 Å². The minimum atomic E-state index is 0.571. The standard InChI is InChI=1S/C15H24/c1-10-9-15-8-7-12(10)14(3,4)13(15)6-5-11(15)2/h9,11-13H,5-8H2,1-4H3/t11-,12?,13+,15+/m1/s1. The summed E-state index contributed by atoms with van der Waals surface area (Å²) in [5, 5.41) is 0. The van der Waals surface area contributed by atoms with Crippen LogP contribution >= 0.6 is 0 Å². The van der Waals surface area contributed by atoms with Crippen molar-refractivity contribution in [1.82, 2.24) is 0 Å². The van der Waals surface area contributed by atoms with Gasteiger partial charge in [0.2, 0.25) is 0 Å². The van der Waals surface area contributed by atoms with Gasteiger partial charge in [0, 0.05) is 0 Å². The molecule has 0 aromatic heterocycles. The molecule has 4 aliphatic carbocycles. The quantitative estimate of drug-likeness (QED) is 0.513. The Balaban J connectivity index is 2.16. The fourth-order valence-electron chi connectivity index (χ4n) is 5.45. The van der Waals surface area contributed by atoms with Crippen molar-refractivity contribution in [3.63, 3.8) is 0 Å². The molecule has 4 atom stereocenters. The Hall–Kier alpha value is -0.260. The van der Waals surface area contributed by atoms with E-state index in [-0.39, 0.29) is 0 Å². The first-order valence-electron chi connectivity index (χ1n) is 6.68. The predicted molar refractivity (Wildman–Crippen MR) is 64.6 cm³/mol. The molecule has 4 aliphatic rings. The summed E-state index contributed by atoms with van der Waals surface area (Å²) >= 11 is 0. The fourth-order valence-corrected chi connectivity index (χ4v) is 5.45. The van der Waals surface area contributed by atoms with Crippen LogP contribution in [0, 0.1) is 28.6 Å². The molecular formula is C15H24. The Morgan fingerprint density at radius 3 is 2.60 bits per heavy atom. The second kappa shape index (κ2) is 2.70. The van der Waals surface area contributed by atoms with Crippen molar-refractivity contribution in [3.05, 3.63) is 11.6 Å².